The number of rotatable bonds is 3. The zero-order valence-corrected chi connectivity index (χ0v) is 14.4. The number of thiophene rings is 1. The average Bonchev–Trinajstić information content (AvgIpc) is 2.58. The third-order valence-electron chi connectivity index (χ3n) is 2.67. The Kier molecular flexibility index (Phi) is 4.64. The summed E-state index contributed by atoms with van der Waals surface area (Å²) in [6, 6.07) is 0.777. The molecule has 0 bridgehead atoms. The summed E-state index contributed by atoms with van der Waals surface area (Å²) in [5.41, 5.74) is 0. The fourth-order valence-electron chi connectivity index (χ4n) is 1.85. The third-order valence-corrected chi connectivity index (χ3v) is 8.96. The Balaban J connectivity index is 2.18. The van der Waals surface area contributed by atoms with Crippen molar-refractivity contribution in [2.75, 3.05) is 11.5 Å². The summed E-state index contributed by atoms with van der Waals surface area (Å²) in [6.45, 7) is 0. The minimum Gasteiger partial charge on any atom is -0.229 e. The molecule has 10 heteroatoms. The highest BCUT2D eigenvalue weighted by Crippen LogP contribution is 2.34. The molecule has 1 unspecified atom stereocenters. The minimum atomic E-state index is -3.72. The third kappa shape index (κ3) is 3.92. The smallest absolute Gasteiger partial charge is 0.229 e. The van der Waals surface area contributed by atoms with E-state index in [0.717, 1.165) is 11.3 Å². The van der Waals surface area contributed by atoms with E-state index < -0.39 is 25.9 Å². The van der Waals surface area contributed by atoms with E-state index in [4.69, 9.17) is 11.6 Å². The molecular formula is C9H11BrClNO4S3. The van der Waals surface area contributed by atoms with Crippen molar-refractivity contribution in [2.24, 2.45) is 0 Å². The summed E-state index contributed by atoms with van der Waals surface area (Å²) in [5, 5.41) is 0.321. The predicted molar refractivity (Wildman–Crippen MR) is 79.0 cm³/mol. The topological polar surface area (TPSA) is 80.3 Å². The second-order valence-electron chi connectivity index (χ2n) is 4.26. The van der Waals surface area contributed by atoms with Gasteiger partial charge in [0.2, 0.25) is 10.0 Å². The minimum absolute atomic E-state index is 0.0762. The van der Waals surface area contributed by atoms with Crippen molar-refractivity contribution < 1.29 is 16.8 Å². The highest BCUT2D eigenvalue weighted by Gasteiger charge is 2.29. The van der Waals surface area contributed by atoms with Crippen molar-refractivity contribution in [3.8, 4) is 0 Å². The van der Waals surface area contributed by atoms with E-state index in [1.807, 2.05) is 0 Å². The summed E-state index contributed by atoms with van der Waals surface area (Å²) in [4.78, 5) is 0. The van der Waals surface area contributed by atoms with Crippen LogP contribution in [0.5, 0.6) is 0 Å². The van der Waals surface area contributed by atoms with Crippen molar-refractivity contribution in [1.29, 1.82) is 0 Å². The van der Waals surface area contributed by atoms with E-state index in [9.17, 15) is 16.8 Å². The zero-order chi connectivity index (χ0) is 14.3. The quantitative estimate of drug-likeness (QED) is 0.829. The lowest BCUT2D eigenvalue weighted by Gasteiger charge is -2.22. The van der Waals surface area contributed by atoms with Gasteiger partial charge in [-0.1, -0.05) is 11.6 Å². The largest absolute Gasteiger partial charge is 0.250 e. The van der Waals surface area contributed by atoms with Crippen molar-refractivity contribution in [3.63, 3.8) is 0 Å². The van der Waals surface area contributed by atoms with Crippen LogP contribution in [-0.2, 0) is 19.9 Å². The lowest BCUT2D eigenvalue weighted by atomic mass is 10.2. The molecule has 1 atom stereocenters. The molecule has 108 valence electrons. The summed E-state index contributed by atoms with van der Waals surface area (Å²) in [7, 11) is -6.87. The highest BCUT2D eigenvalue weighted by molar-refractivity contribution is 9.11. The molecule has 1 fully saturated rings. The first-order valence-electron chi connectivity index (χ1n) is 5.37. The molecule has 0 amide bonds. The molecule has 0 radical (unpaired) electrons. The fourth-order valence-corrected chi connectivity index (χ4v) is 7.28. The molecule has 1 saturated heterocycles. The Bertz CT molecular complexity index is 663. The van der Waals surface area contributed by atoms with Crippen LogP contribution >= 0.6 is 38.9 Å². The van der Waals surface area contributed by atoms with Crippen LogP contribution in [0.15, 0.2) is 14.1 Å². The molecule has 19 heavy (non-hydrogen) atoms. The van der Waals surface area contributed by atoms with Gasteiger partial charge in [-0.2, -0.15) is 0 Å². The van der Waals surface area contributed by atoms with Crippen molar-refractivity contribution >= 4 is 58.7 Å². The number of hydrogen-bond acceptors (Lipinski definition) is 5. The van der Waals surface area contributed by atoms with Crippen molar-refractivity contribution in [2.45, 2.75) is 23.1 Å². The Morgan fingerprint density at radius 2 is 2.16 bits per heavy atom. The van der Waals surface area contributed by atoms with Crippen molar-refractivity contribution in [1.82, 2.24) is 4.72 Å². The molecular weight excluding hydrogens is 398 g/mol. The van der Waals surface area contributed by atoms with Crippen LogP contribution in [-0.4, -0.2) is 34.4 Å². The Morgan fingerprint density at radius 1 is 1.47 bits per heavy atom. The van der Waals surface area contributed by atoms with Crippen LogP contribution < -0.4 is 4.72 Å². The first-order valence-corrected chi connectivity index (χ1v) is 10.7. The number of nitrogens with one attached hydrogen (secondary N) is 1. The van der Waals surface area contributed by atoms with E-state index in [0.29, 0.717) is 21.7 Å². The molecule has 2 rings (SSSR count). The summed E-state index contributed by atoms with van der Waals surface area (Å²) in [6.07, 6.45) is 1.00. The summed E-state index contributed by atoms with van der Waals surface area (Å²) < 4.78 is 50.2. The van der Waals surface area contributed by atoms with Gasteiger partial charge < -0.3 is 0 Å². The maximum Gasteiger partial charge on any atom is 0.250 e. The van der Waals surface area contributed by atoms with Gasteiger partial charge in [-0.05, 0) is 34.8 Å². The zero-order valence-electron chi connectivity index (χ0n) is 9.60. The molecule has 0 spiro atoms. The van der Waals surface area contributed by atoms with Gasteiger partial charge in [0.1, 0.15) is 4.21 Å². The van der Waals surface area contributed by atoms with Crippen LogP contribution in [0.1, 0.15) is 12.8 Å². The van der Waals surface area contributed by atoms with Crippen LogP contribution in [0.3, 0.4) is 0 Å². The standard InChI is InChI=1S/C9H11BrClNO4S3/c10-9-7(11)4-8(17-9)19(15,16)12-6-2-1-3-18(13,14)5-6/h4,6,12H,1-3,5H2. The van der Waals surface area contributed by atoms with Crippen LogP contribution in [0.25, 0.3) is 0 Å². The predicted octanol–water partition coefficient (Wildman–Crippen LogP) is 2.02. The molecule has 2 heterocycles. The fraction of sp³-hybridized carbons (Fsp3) is 0.556. The maximum absolute atomic E-state index is 12.1. The number of hydrogen-bond donors (Lipinski definition) is 1. The maximum atomic E-state index is 12.1. The first-order chi connectivity index (χ1) is 8.70. The average molecular weight is 409 g/mol. The highest BCUT2D eigenvalue weighted by atomic mass is 79.9. The van der Waals surface area contributed by atoms with E-state index in [2.05, 4.69) is 20.7 Å². The summed E-state index contributed by atoms with van der Waals surface area (Å²) >= 11 is 9.94. The molecule has 1 aromatic rings. The van der Waals surface area contributed by atoms with Crippen LogP contribution in [0.4, 0.5) is 0 Å². The number of sulfonamides is 1. The van der Waals surface area contributed by atoms with E-state index in [1.165, 1.54) is 6.07 Å². The second-order valence-corrected chi connectivity index (χ2v) is 11.2. The normalized spacial score (nSPS) is 23.4. The van der Waals surface area contributed by atoms with Gasteiger partial charge in [0.15, 0.2) is 9.84 Å². The molecule has 1 N–H and O–H groups in total. The lowest BCUT2D eigenvalue weighted by Crippen LogP contribution is -2.42. The van der Waals surface area contributed by atoms with Gasteiger partial charge in [-0.15, -0.1) is 11.3 Å². The molecule has 1 aliphatic heterocycles. The van der Waals surface area contributed by atoms with E-state index in [1.54, 1.807) is 0 Å². The van der Waals surface area contributed by atoms with E-state index >= 15 is 0 Å². The van der Waals surface area contributed by atoms with Gasteiger partial charge in [0.05, 0.1) is 20.3 Å². The van der Waals surface area contributed by atoms with Crippen LogP contribution in [0, 0.1) is 0 Å². The van der Waals surface area contributed by atoms with Crippen LogP contribution in [0.2, 0.25) is 5.02 Å². The monoisotopic (exact) mass is 407 g/mol. The SMILES string of the molecule is O=S1(=O)CCCC(NS(=O)(=O)c2cc(Cl)c(Br)s2)C1. The Morgan fingerprint density at radius 3 is 2.68 bits per heavy atom. The first kappa shape index (κ1) is 15.7. The van der Waals surface area contributed by atoms with Gasteiger partial charge in [-0.25, -0.2) is 21.6 Å². The van der Waals surface area contributed by atoms with Gasteiger partial charge >= 0.3 is 0 Å². The lowest BCUT2D eigenvalue weighted by molar-refractivity contribution is 0.518. The second kappa shape index (κ2) is 5.61. The van der Waals surface area contributed by atoms with Gasteiger partial charge in [-0.3, -0.25) is 0 Å². The van der Waals surface area contributed by atoms with Crippen molar-refractivity contribution in [3.05, 3.63) is 14.9 Å². The molecule has 1 aliphatic rings. The summed E-state index contributed by atoms with van der Waals surface area (Å²) in [5.74, 6) is -0.0197. The number of halogens is 2. The Labute approximate surface area is 129 Å². The molecule has 0 saturated carbocycles. The molecule has 1 aromatic heterocycles. The molecule has 5 nitrogen and oxygen atoms in total. The molecule has 0 aliphatic carbocycles. The van der Waals surface area contributed by atoms with Gasteiger partial charge in [0, 0.05) is 6.04 Å². The number of sulfone groups is 1. The Hall–Kier alpha value is 0.330. The van der Waals surface area contributed by atoms with Gasteiger partial charge in [0.25, 0.3) is 0 Å². The van der Waals surface area contributed by atoms with E-state index in [-0.39, 0.29) is 15.7 Å². The molecule has 0 aromatic carbocycles.